The van der Waals surface area contributed by atoms with Crippen molar-refractivity contribution in [3.05, 3.63) is 0 Å². The number of rotatable bonds is 17. The van der Waals surface area contributed by atoms with Gasteiger partial charge in [0.2, 0.25) is 0 Å². The predicted molar refractivity (Wildman–Crippen MR) is 98.4 cm³/mol. The Morgan fingerprint density at radius 2 is 0.750 bits per heavy atom. The highest BCUT2D eigenvalue weighted by Crippen LogP contribution is 1.97. The van der Waals surface area contributed by atoms with Crippen molar-refractivity contribution in [2.75, 3.05) is 79.5 Å². The van der Waals surface area contributed by atoms with Crippen LogP contribution in [0.1, 0.15) is 0 Å². The summed E-state index contributed by atoms with van der Waals surface area (Å²) in [5.74, 6) is -4.43. The first-order valence-electron chi connectivity index (χ1n) is 8.68. The predicted octanol–water partition coefficient (Wildman–Crippen LogP) is -2.21. The van der Waals surface area contributed by atoms with E-state index >= 15 is 0 Å². The van der Waals surface area contributed by atoms with E-state index in [1.165, 1.54) is 9.80 Å². The Balaban J connectivity index is 4.83. The fourth-order valence-corrected chi connectivity index (χ4v) is 2.43. The second-order valence-electron chi connectivity index (χ2n) is 6.64. The van der Waals surface area contributed by atoms with Crippen LogP contribution in [0.15, 0.2) is 0 Å². The summed E-state index contributed by atoms with van der Waals surface area (Å²) in [7, 11) is 3.71. The number of hydrogen-bond donors (Lipinski definition) is 4. The molecular weight excluding hydrogens is 376 g/mol. The van der Waals surface area contributed by atoms with Crippen molar-refractivity contribution in [3.8, 4) is 0 Å². The normalized spacial score (nSPS) is 11.5. The smallest absolute Gasteiger partial charge is 0.317 e. The molecule has 0 saturated carbocycles. The molecular formula is C16H30N4O8. The highest BCUT2D eigenvalue weighted by molar-refractivity contribution is 5.72. The molecule has 0 fully saturated rings. The molecule has 0 spiro atoms. The Labute approximate surface area is 163 Å². The maximum atomic E-state index is 11.1. The molecule has 0 heterocycles. The monoisotopic (exact) mass is 406 g/mol. The molecule has 0 aliphatic heterocycles. The van der Waals surface area contributed by atoms with E-state index in [1.807, 2.05) is 19.0 Å². The van der Waals surface area contributed by atoms with E-state index in [-0.39, 0.29) is 32.7 Å². The molecule has 0 aliphatic rings. The minimum Gasteiger partial charge on any atom is -0.480 e. The average molecular weight is 406 g/mol. The first kappa shape index (κ1) is 25.7. The molecule has 0 amide bonds. The van der Waals surface area contributed by atoms with Gasteiger partial charge in [-0.1, -0.05) is 0 Å². The molecule has 12 heteroatoms. The third kappa shape index (κ3) is 14.8. The molecule has 0 aromatic carbocycles. The van der Waals surface area contributed by atoms with Crippen molar-refractivity contribution >= 4 is 23.9 Å². The van der Waals surface area contributed by atoms with Crippen LogP contribution in [0.5, 0.6) is 0 Å². The maximum Gasteiger partial charge on any atom is 0.317 e. The lowest BCUT2D eigenvalue weighted by molar-refractivity contribution is -0.143. The molecule has 12 nitrogen and oxygen atoms in total. The number of carboxylic acids is 4. The van der Waals surface area contributed by atoms with E-state index in [4.69, 9.17) is 20.4 Å². The zero-order valence-electron chi connectivity index (χ0n) is 16.3. The van der Waals surface area contributed by atoms with E-state index in [2.05, 4.69) is 0 Å². The van der Waals surface area contributed by atoms with E-state index < -0.39 is 37.0 Å². The van der Waals surface area contributed by atoms with Gasteiger partial charge in [0.15, 0.2) is 0 Å². The van der Waals surface area contributed by atoms with Crippen LogP contribution in [0.3, 0.4) is 0 Å². The van der Waals surface area contributed by atoms with Crippen LogP contribution >= 0.6 is 0 Å². The molecule has 0 atom stereocenters. The zero-order chi connectivity index (χ0) is 21.7. The minimum absolute atomic E-state index is 0.0580. The number of carboxylic acid groups (broad SMARTS) is 4. The van der Waals surface area contributed by atoms with Gasteiger partial charge in [0, 0.05) is 39.3 Å². The molecule has 0 unspecified atom stereocenters. The SMILES string of the molecule is CN(C)CCN(CCN(CCN(CC(=O)O)CC(=O)O)CC(=O)O)CC(=O)O. The number of aliphatic carboxylic acids is 4. The van der Waals surface area contributed by atoms with Gasteiger partial charge in [-0.2, -0.15) is 0 Å². The molecule has 0 saturated heterocycles. The summed E-state index contributed by atoms with van der Waals surface area (Å²) in [5, 5.41) is 35.8. The number of likely N-dealkylation sites (N-methyl/N-ethyl adjacent to an activating group) is 1. The molecule has 0 rings (SSSR count). The van der Waals surface area contributed by atoms with Crippen molar-refractivity contribution in [1.82, 2.24) is 19.6 Å². The molecule has 4 N–H and O–H groups in total. The lowest BCUT2D eigenvalue weighted by Crippen LogP contribution is -2.45. The van der Waals surface area contributed by atoms with Gasteiger partial charge in [-0.15, -0.1) is 0 Å². The average Bonchev–Trinajstić information content (AvgIpc) is 2.52. The zero-order valence-corrected chi connectivity index (χ0v) is 16.3. The Morgan fingerprint density at radius 3 is 1.04 bits per heavy atom. The number of hydrogen-bond acceptors (Lipinski definition) is 8. The van der Waals surface area contributed by atoms with E-state index in [0.717, 1.165) is 0 Å². The summed E-state index contributed by atoms with van der Waals surface area (Å²) < 4.78 is 0. The van der Waals surface area contributed by atoms with Crippen LogP contribution in [-0.4, -0.2) is 143 Å². The molecule has 0 bridgehead atoms. The van der Waals surface area contributed by atoms with Crippen LogP contribution in [0, 0.1) is 0 Å². The Bertz CT molecular complexity index is 513. The van der Waals surface area contributed by atoms with Gasteiger partial charge in [-0.25, -0.2) is 0 Å². The Morgan fingerprint density at radius 1 is 0.500 bits per heavy atom. The van der Waals surface area contributed by atoms with Crippen molar-refractivity contribution in [1.29, 1.82) is 0 Å². The fraction of sp³-hybridized carbons (Fsp3) is 0.750. The summed E-state index contributed by atoms with van der Waals surface area (Å²) >= 11 is 0. The fourth-order valence-electron chi connectivity index (χ4n) is 2.43. The molecule has 28 heavy (non-hydrogen) atoms. The summed E-state index contributed by atoms with van der Waals surface area (Å²) in [6.45, 7) is 0.446. The van der Waals surface area contributed by atoms with E-state index in [1.54, 1.807) is 4.90 Å². The third-order valence-corrected chi connectivity index (χ3v) is 3.76. The van der Waals surface area contributed by atoms with Gasteiger partial charge in [-0.3, -0.25) is 33.9 Å². The lowest BCUT2D eigenvalue weighted by atomic mass is 10.3. The van der Waals surface area contributed by atoms with Crippen LogP contribution < -0.4 is 0 Å². The van der Waals surface area contributed by atoms with Gasteiger partial charge < -0.3 is 25.3 Å². The third-order valence-electron chi connectivity index (χ3n) is 3.76. The van der Waals surface area contributed by atoms with Gasteiger partial charge in [0.1, 0.15) is 0 Å². The van der Waals surface area contributed by atoms with Gasteiger partial charge >= 0.3 is 23.9 Å². The van der Waals surface area contributed by atoms with Crippen LogP contribution in [0.2, 0.25) is 0 Å². The summed E-state index contributed by atoms with van der Waals surface area (Å²) in [6.07, 6.45) is 0. The largest absolute Gasteiger partial charge is 0.480 e. The van der Waals surface area contributed by atoms with Crippen molar-refractivity contribution in [2.45, 2.75) is 0 Å². The molecule has 0 radical (unpaired) electrons. The Hall–Kier alpha value is -2.28. The maximum absolute atomic E-state index is 11.1. The lowest BCUT2D eigenvalue weighted by Gasteiger charge is -2.28. The van der Waals surface area contributed by atoms with Crippen molar-refractivity contribution < 1.29 is 39.6 Å². The first-order chi connectivity index (χ1) is 13.0. The molecule has 0 aliphatic carbocycles. The Kier molecular flexibility index (Phi) is 12.7. The van der Waals surface area contributed by atoms with Gasteiger partial charge in [0.25, 0.3) is 0 Å². The highest BCUT2D eigenvalue weighted by Gasteiger charge is 2.18. The van der Waals surface area contributed by atoms with E-state index in [0.29, 0.717) is 19.6 Å². The quantitative estimate of drug-likeness (QED) is 0.206. The van der Waals surface area contributed by atoms with Crippen molar-refractivity contribution in [2.24, 2.45) is 0 Å². The molecule has 162 valence electrons. The summed E-state index contributed by atoms with van der Waals surface area (Å²) in [6, 6.07) is 0. The van der Waals surface area contributed by atoms with Crippen LogP contribution in [0.25, 0.3) is 0 Å². The van der Waals surface area contributed by atoms with E-state index in [9.17, 15) is 19.2 Å². The topological polar surface area (TPSA) is 162 Å². The van der Waals surface area contributed by atoms with Gasteiger partial charge in [-0.05, 0) is 14.1 Å². The van der Waals surface area contributed by atoms with Crippen molar-refractivity contribution in [3.63, 3.8) is 0 Å². The van der Waals surface area contributed by atoms with Gasteiger partial charge in [0.05, 0.1) is 26.2 Å². The van der Waals surface area contributed by atoms with Crippen LogP contribution in [0.4, 0.5) is 0 Å². The highest BCUT2D eigenvalue weighted by atomic mass is 16.4. The summed E-state index contributed by atoms with van der Waals surface area (Å²) in [5.41, 5.74) is 0. The second kappa shape index (κ2) is 13.8. The number of nitrogens with zero attached hydrogens (tertiary/aromatic N) is 4. The standard InChI is InChI=1S/C16H30N4O8/c1-17(2)3-4-18(9-13(21)22)5-6-19(10-14(23)24)7-8-20(11-15(25)26)12-16(27)28/h3-12H2,1-2H3,(H,21,22)(H,23,24)(H,25,26)(H,27,28). The second-order valence-corrected chi connectivity index (χ2v) is 6.64. The number of carbonyl (C=O) groups is 4. The van der Waals surface area contributed by atoms with Crippen LogP contribution in [-0.2, 0) is 19.2 Å². The first-order valence-corrected chi connectivity index (χ1v) is 8.68. The molecule has 0 aromatic heterocycles. The minimum atomic E-state index is -1.18. The summed E-state index contributed by atoms with van der Waals surface area (Å²) in [4.78, 5) is 50.1. The molecule has 0 aromatic rings.